The van der Waals surface area contributed by atoms with Gasteiger partial charge in [-0.25, -0.2) is 0 Å². The minimum atomic E-state index is 0.476. The molecule has 0 spiro atoms. The van der Waals surface area contributed by atoms with Crippen LogP contribution in [0.25, 0.3) is 12.2 Å². The fourth-order valence-corrected chi connectivity index (χ4v) is 3.10. The molecule has 0 aliphatic rings. The third-order valence-corrected chi connectivity index (χ3v) is 4.14. The topological polar surface area (TPSA) is 38.9 Å². The molecule has 0 unspecified atom stereocenters. The number of benzene rings is 2. The van der Waals surface area contributed by atoms with Crippen molar-refractivity contribution in [2.45, 2.75) is 40.0 Å². The highest BCUT2D eigenvalue weighted by atomic mass is 16.4. The van der Waals surface area contributed by atoms with Gasteiger partial charge < -0.3 is 4.42 Å². The van der Waals surface area contributed by atoms with Crippen LogP contribution in [-0.2, 0) is 6.42 Å². The molecular formula is C22H24N2O. The van der Waals surface area contributed by atoms with Crippen molar-refractivity contribution in [3.05, 3.63) is 82.1 Å². The first-order valence-corrected chi connectivity index (χ1v) is 8.68. The zero-order valence-corrected chi connectivity index (χ0v) is 15.3. The number of nitrogens with zero attached hydrogens (tertiary/aromatic N) is 2. The van der Waals surface area contributed by atoms with E-state index in [1.165, 1.54) is 27.8 Å². The van der Waals surface area contributed by atoms with Gasteiger partial charge in [-0.05, 0) is 42.5 Å². The SMILES string of the molecule is Cc1cc(C)cc(Cc2nnc(C=Cc3ccccc3C(C)C)o2)c1. The zero-order chi connectivity index (χ0) is 17.8. The maximum absolute atomic E-state index is 5.78. The summed E-state index contributed by atoms with van der Waals surface area (Å²) in [5, 5.41) is 8.32. The van der Waals surface area contributed by atoms with Gasteiger partial charge in [0.1, 0.15) is 0 Å². The van der Waals surface area contributed by atoms with Crippen molar-refractivity contribution >= 4 is 12.2 Å². The van der Waals surface area contributed by atoms with Gasteiger partial charge in [0.15, 0.2) is 0 Å². The van der Waals surface area contributed by atoms with Gasteiger partial charge in [-0.3, -0.25) is 0 Å². The number of rotatable bonds is 5. The molecular weight excluding hydrogens is 308 g/mol. The molecule has 2 aromatic carbocycles. The van der Waals surface area contributed by atoms with Crippen LogP contribution >= 0.6 is 0 Å². The van der Waals surface area contributed by atoms with E-state index in [2.05, 4.69) is 74.3 Å². The normalized spacial score (nSPS) is 11.6. The van der Waals surface area contributed by atoms with Crippen molar-refractivity contribution in [2.24, 2.45) is 0 Å². The number of hydrogen-bond acceptors (Lipinski definition) is 3. The van der Waals surface area contributed by atoms with Crippen molar-refractivity contribution in [2.75, 3.05) is 0 Å². The Hall–Kier alpha value is -2.68. The average Bonchev–Trinajstić information content (AvgIpc) is 2.99. The summed E-state index contributed by atoms with van der Waals surface area (Å²) in [4.78, 5) is 0. The Morgan fingerprint density at radius 2 is 1.68 bits per heavy atom. The molecule has 0 fully saturated rings. The lowest BCUT2D eigenvalue weighted by Crippen LogP contribution is -1.90. The monoisotopic (exact) mass is 332 g/mol. The van der Waals surface area contributed by atoms with E-state index < -0.39 is 0 Å². The number of aryl methyl sites for hydroxylation is 2. The summed E-state index contributed by atoms with van der Waals surface area (Å²) in [5.41, 5.74) is 6.20. The summed E-state index contributed by atoms with van der Waals surface area (Å²) in [7, 11) is 0. The Kier molecular flexibility index (Phi) is 5.13. The highest BCUT2D eigenvalue weighted by molar-refractivity contribution is 5.68. The van der Waals surface area contributed by atoms with Crippen LogP contribution in [0.5, 0.6) is 0 Å². The van der Waals surface area contributed by atoms with Gasteiger partial charge >= 0.3 is 0 Å². The molecule has 0 saturated carbocycles. The minimum Gasteiger partial charge on any atom is -0.421 e. The molecule has 3 aromatic rings. The van der Waals surface area contributed by atoms with Crippen LogP contribution in [0.2, 0.25) is 0 Å². The van der Waals surface area contributed by atoms with Crippen molar-refractivity contribution in [3.63, 3.8) is 0 Å². The van der Waals surface area contributed by atoms with E-state index in [0.29, 0.717) is 24.1 Å². The van der Waals surface area contributed by atoms with Crippen LogP contribution in [0, 0.1) is 13.8 Å². The van der Waals surface area contributed by atoms with Gasteiger partial charge in [0, 0.05) is 6.08 Å². The summed E-state index contributed by atoms with van der Waals surface area (Å²) in [6.07, 6.45) is 4.59. The third kappa shape index (κ3) is 4.44. The molecule has 0 N–H and O–H groups in total. The van der Waals surface area contributed by atoms with E-state index in [-0.39, 0.29) is 0 Å². The molecule has 0 saturated heterocycles. The predicted molar refractivity (Wildman–Crippen MR) is 102 cm³/mol. The van der Waals surface area contributed by atoms with E-state index in [1.54, 1.807) is 0 Å². The molecule has 0 bridgehead atoms. The first-order valence-electron chi connectivity index (χ1n) is 8.68. The Morgan fingerprint density at radius 1 is 0.960 bits per heavy atom. The van der Waals surface area contributed by atoms with Crippen LogP contribution in [0.1, 0.15) is 59.4 Å². The molecule has 128 valence electrons. The first kappa shape index (κ1) is 17.2. The van der Waals surface area contributed by atoms with E-state index in [9.17, 15) is 0 Å². The molecule has 1 heterocycles. The summed E-state index contributed by atoms with van der Waals surface area (Å²) < 4.78 is 5.78. The molecule has 0 atom stereocenters. The zero-order valence-electron chi connectivity index (χ0n) is 15.3. The quantitative estimate of drug-likeness (QED) is 0.613. The van der Waals surface area contributed by atoms with Gasteiger partial charge in [-0.1, -0.05) is 67.4 Å². The lowest BCUT2D eigenvalue weighted by atomic mass is 9.97. The van der Waals surface area contributed by atoms with Crippen molar-refractivity contribution in [3.8, 4) is 0 Å². The van der Waals surface area contributed by atoms with E-state index >= 15 is 0 Å². The summed E-state index contributed by atoms with van der Waals surface area (Å²) in [6, 6.07) is 14.9. The second-order valence-electron chi connectivity index (χ2n) is 6.82. The maximum atomic E-state index is 5.78. The standard InChI is InChI=1S/C22H24N2O/c1-15(2)20-8-6-5-7-19(20)9-10-21-23-24-22(25-21)14-18-12-16(3)11-17(4)13-18/h5-13,15H,14H2,1-4H3. The van der Waals surface area contributed by atoms with Crippen LogP contribution in [-0.4, -0.2) is 10.2 Å². The Bertz CT molecular complexity index is 870. The minimum absolute atomic E-state index is 0.476. The van der Waals surface area contributed by atoms with Crippen molar-refractivity contribution in [1.29, 1.82) is 0 Å². The Balaban J connectivity index is 1.76. The van der Waals surface area contributed by atoms with Gasteiger partial charge in [0.25, 0.3) is 0 Å². The van der Waals surface area contributed by atoms with Crippen LogP contribution in [0.4, 0.5) is 0 Å². The van der Waals surface area contributed by atoms with Crippen LogP contribution in [0.15, 0.2) is 46.9 Å². The molecule has 0 radical (unpaired) electrons. The molecule has 3 heteroatoms. The van der Waals surface area contributed by atoms with Gasteiger partial charge in [-0.15, -0.1) is 10.2 Å². The largest absolute Gasteiger partial charge is 0.421 e. The second kappa shape index (κ2) is 7.47. The molecule has 0 aliphatic carbocycles. The molecule has 3 nitrogen and oxygen atoms in total. The molecule has 25 heavy (non-hydrogen) atoms. The summed E-state index contributed by atoms with van der Waals surface area (Å²) >= 11 is 0. The van der Waals surface area contributed by atoms with Crippen LogP contribution in [0.3, 0.4) is 0 Å². The van der Waals surface area contributed by atoms with E-state index in [0.717, 1.165) is 0 Å². The van der Waals surface area contributed by atoms with E-state index in [4.69, 9.17) is 4.42 Å². The molecule has 3 rings (SSSR count). The summed E-state index contributed by atoms with van der Waals surface area (Å²) in [5.74, 6) is 1.66. The Morgan fingerprint density at radius 3 is 2.40 bits per heavy atom. The second-order valence-corrected chi connectivity index (χ2v) is 6.82. The first-order chi connectivity index (χ1) is 12.0. The highest BCUT2D eigenvalue weighted by Crippen LogP contribution is 2.21. The van der Waals surface area contributed by atoms with Gasteiger partial charge in [-0.2, -0.15) is 0 Å². The number of aromatic nitrogens is 2. The highest BCUT2D eigenvalue weighted by Gasteiger charge is 2.07. The van der Waals surface area contributed by atoms with Gasteiger partial charge in [0.05, 0.1) is 6.42 Å². The average molecular weight is 332 g/mol. The van der Waals surface area contributed by atoms with Crippen molar-refractivity contribution < 1.29 is 4.42 Å². The smallest absolute Gasteiger partial charge is 0.240 e. The third-order valence-electron chi connectivity index (χ3n) is 4.14. The van der Waals surface area contributed by atoms with Crippen molar-refractivity contribution in [1.82, 2.24) is 10.2 Å². The molecule has 0 aliphatic heterocycles. The molecule has 1 aromatic heterocycles. The number of hydrogen-bond donors (Lipinski definition) is 0. The predicted octanol–water partition coefficient (Wildman–Crippen LogP) is 5.57. The fraction of sp³-hybridized carbons (Fsp3) is 0.273. The van der Waals surface area contributed by atoms with Gasteiger partial charge in [0.2, 0.25) is 11.8 Å². The molecule has 0 amide bonds. The van der Waals surface area contributed by atoms with Crippen LogP contribution < -0.4 is 0 Å². The van der Waals surface area contributed by atoms with E-state index in [1.807, 2.05) is 18.2 Å². The maximum Gasteiger partial charge on any atom is 0.240 e. The fourth-order valence-electron chi connectivity index (χ4n) is 3.10. The summed E-state index contributed by atoms with van der Waals surface area (Å²) in [6.45, 7) is 8.60. The Labute approximate surface area is 149 Å². The lowest BCUT2D eigenvalue weighted by Gasteiger charge is -2.08. The lowest BCUT2D eigenvalue weighted by molar-refractivity contribution is 0.496.